The summed E-state index contributed by atoms with van der Waals surface area (Å²) in [5.74, 6) is -1.05. The first kappa shape index (κ1) is 29.1. The normalized spacial score (nSPS) is 18.8. The zero-order valence-electron chi connectivity index (χ0n) is 24.4. The minimum Gasteiger partial charge on any atom is -0.497 e. The van der Waals surface area contributed by atoms with Gasteiger partial charge < -0.3 is 14.4 Å². The number of amides is 5. The summed E-state index contributed by atoms with van der Waals surface area (Å²) < 4.78 is 10.7. The molecule has 0 saturated carbocycles. The third-order valence-corrected chi connectivity index (χ3v) is 8.52. The lowest BCUT2D eigenvalue weighted by Gasteiger charge is -2.40. The molecule has 0 radical (unpaired) electrons. The molecule has 6 rings (SSSR count). The number of hydrogen-bond donors (Lipinski definition) is 1. The van der Waals surface area contributed by atoms with Gasteiger partial charge in [0.05, 0.1) is 31.4 Å². The smallest absolute Gasteiger partial charge is 0.262 e. The molecule has 3 heterocycles. The predicted molar refractivity (Wildman–Crippen MR) is 158 cm³/mol. The van der Waals surface area contributed by atoms with E-state index in [0.717, 1.165) is 27.5 Å². The fourth-order valence-electron chi connectivity index (χ4n) is 6.16. The Morgan fingerprint density at radius 2 is 1.34 bits per heavy atom. The first-order chi connectivity index (χ1) is 21.3. The van der Waals surface area contributed by atoms with Crippen LogP contribution in [0.15, 0.2) is 66.7 Å². The quantitative estimate of drug-likeness (QED) is 0.413. The molecule has 0 bridgehead atoms. The summed E-state index contributed by atoms with van der Waals surface area (Å²) in [6.45, 7) is 2.15. The number of benzene rings is 3. The lowest BCUT2D eigenvalue weighted by Crippen LogP contribution is -2.54. The van der Waals surface area contributed by atoms with Gasteiger partial charge in [-0.3, -0.25) is 39.1 Å². The first-order valence-corrected chi connectivity index (χ1v) is 14.5. The number of hydrogen-bond acceptors (Lipinski definition) is 8. The lowest BCUT2D eigenvalue weighted by atomic mass is 9.96. The van der Waals surface area contributed by atoms with Gasteiger partial charge in [0.2, 0.25) is 11.8 Å². The van der Waals surface area contributed by atoms with E-state index < -0.39 is 29.7 Å². The summed E-state index contributed by atoms with van der Waals surface area (Å²) in [6.07, 6.45) is 0.109. The SMILES string of the molecule is COc1ccc(C(c2ccc(OC)cc2)N2CCN(C(=O)c3ccc4c(c3)C(=O)N(C3CCC(=O)NC3=O)C4=O)CC2)cc1. The summed E-state index contributed by atoms with van der Waals surface area (Å²) in [5, 5.41) is 2.19. The van der Waals surface area contributed by atoms with Crippen LogP contribution in [0.4, 0.5) is 0 Å². The van der Waals surface area contributed by atoms with Gasteiger partial charge >= 0.3 is 0 Å². The van der Waals surface area contributed by atoms with Crippen molar-refractivity contribution in [3.05, 3.63) is 94.5 Å². The number of fused-ring (bicyclic) bond motifs is 1. The third kappa shape index (κ3) is 5.30. The summed E-state index contributed by atoms with van der Waals surface area (Å²) >= 11 is 0. The maximum absolute atomic E-state index is 13.6. The molecule has 3 aromatic rings. The van der Waals surface area contributed by atoms with Gasteiger partial charge in [0.1, 0.15) is 17.5 Å². The van der Waals surface area contributed by atoms with Gasteiger partial charge in [-0.15, -0.1) is 0 Å². The van der Waals surface area contributed by atoms with E-state index in [4.69, 9.17) is 9.47 Å². The van der Waals surface area contributed by atoms with Crippen LogP contribution >= 0.6 is 0 Å². The van der Waals surface area contributed by atoms with Crippen molar-refractivity contribution < 1.29 is 33.4 Å². The molecule has 44 heavy (non-hydrogen) atoms. The van der Waals surface area contributed by atoms with Gasteiger partial charge in [0.15, 0.2) is 0 Å². The highest BCUT2D eigenvalue weighted by atomic mass is 16.5. The number of nitrogens with zero attached hydrogens (tertiary/aromatic N) is 3. The van der Waals surface area contributed by atoms with Gasteiger partial charge in [0.25, 0.3) is 17.7 Å². The summed E-state index contributed by atoms with van der Waals surface area (Å²) in [7, 11) is 3.27. The highest BCUT2D eigenvalue weighted by Gasteiger charge is 2.45. The number of rotatable bonds is 7. The second-order valence-corrected chi connectivity index (χ2v) is 11.0. The number of methoxy groups -OCH3 is 2. The lowest BCUT2D eigenvalue weighted by molar-refractivity contribution is -0.136. The number of carbonyl (C=O) groups excluding carboxylic acids is 5. The van der Waals surface area contributed by atoms with Crippen molar-refractivity contribution >= 4 is 29.5 Å². The summed E-state index contributed by atoms with van der Waals surface area (Å²) in [4.78, 5) is 68.8. The van der Waals surface area contributed by atoms with Crippen LogP contribution in [0.5, 0.6) is 11.5 Å². The fraction of sp³-hybridized carbons (Fsp3) is 0.303. The van der Waals surface area contributed by atoms with Gasteiger partial charge in [-0.05, 0) is 60.0 Å². The number of ether oxygens (including phenoxy) is 2. The molecule has 1 atom stereocenters. The van der Waals surface area contributed by atoms with Crippen LogP contribution in [-0.2, 0) is 9.59 Å². The average Bonchev–Trinajstić information content (AvgIpc) is 3.30. The molecule has 0 aliphatic carbocycles. The molecule has 1 unspecified atom stereocenters. The molecule has 1 N–H and O–H groups in total. The van der Waals surface area contributed by atoms with E-state index in [1.807, 2.05) is 48.5 Å². The van der Waals surface area contributed by atoms with Crippen LogP contribution in [0.1, 0.15) is 61.1 Å². The van der Waals surface area contributed by atoms with Gasteiger partial charge in [-0.1, -0.05) is 24.3 Å². The van der Waals surface area contributed by atoms with E-state index in [1.165, 1.54) is 12.1 Å². The number of nitrogens with one attached hydrogen (secondary N) is 1. The topological polar surface area (TPSA) is 126 Å². The molecule has 2 saturated heterocycles. The van der Waals surface area contributed by atoms with Crippen molar-refractivity contribution in [3.8, 4) is 11.5 Å². The summed E-state index contributed by atoms with van der Waals surface area (Å²) in [6, 6.07) is 19.3. The van der Waals surface area contributed by atoms with Crippen LogP contribution in [0.2, 0.25) is 0 Å². The maximum Gasteiger partial charge on any atom is 0.262 e. The van der Waals surface area contributed by atoms with Crippen molar-refractivity contribution in [3.63, 3.8) is 0 Å². The Bertz CT molecular complexity index is 1580. The molecular formula is C33H32N4O7. The number of piperidine rings is 1. The van der Waals surface area contributed by atoms with E-state index >= 15 is 0 Å². The van der Waals surface area contributed by atoms with Gasteiger partial charge in [-0.2, -0.15) is 0 Å². The molecule has 3 aromatic carbocycles. The average molecular weight is 597 g/mol. The molecule has 2 fully saturated rings. The zero-order chi connectivity index (χ0) is 31.0. The van der Waals surface area contributed by atoms with Crippen LogP contribution < -0.4 is 14.8 Å². The fourth-order valence-corrected chi connectivity index (χ4v) is 6.16. The largest absolute Gasteiger partial charge is 0.497 e. The van der Waals surface area contributed by atoms with E-state index in [-0.39, 0.29) is 35.9 Å². The molecule has 0 spiro atoms. The second-order valence-electron chi connectivity index (χ2n) is 11.0. The van der Waals surface area contributed by atoms with Gasteiger partial charge in [0, 0.05) is 38.2 Å². The van der Waals surface area contributed by atoms with Crippen molar-refractivity contribution in [1.82, 2.24) is 20.0 Å². The van der Waals surface area contributed by atoms with E-state index in [9.17, 15) is 24.0 Å². The molecule has 3 aliphatic rings. The van der Waals surface area contributed by atoms with Crippen LogP contribution in [0.3, 0.4) is 0 Å². The monoisotopic (exact) mass is 596 g/mol. The summed E-state index contributed by atoms with van der Waals surface area (Å²) in [5.41, 5.74) is 2.72. The molecular weight excluding hydrogens is 564 g/mol. The number of carbonyl (C=O) groups is 5. The molecule has 5 amide bonds. The van der Waals surface area contributed by atoms with Crippen LogP contribution in [0.25, 0.3) is 0 Å². The molecule has 226 valence electrons. The highest BCUT2D eigenvalue weighted by Crippen LogP contribution is 2.33. The Morgan fingerprint density at radius 3 is 1.89 bits per heavy atom. The van der Waals surface area contributed by atoms with Crippen molar-refractivity contribution in [2.45, 2.75) is 24.9 Å². The maximum atomic E-state index is 13.6. The minimum atomic E-state index is -1.06. The highest BCUT2D eigenvalue weighted by molar-refractivity contribution is 6.24. The Balaban J connectivity index is 1.18. The molecule has 0 aromatic heterocycles. The zero-order valence-corrected chi connectivity index (χ0v) is 24.4. The van der Waals surface area contributed by atoms with Crippen molar-refractivity contribution in [2.75, 3.05) is 40.4 Å². The van der Waals surface area contributed by atoms with Crippen molar-refractivity contribution in [1.29, 1.82) is 0 Å². The Hall–Kier alpha value is -5.03. The van der Waals surface area contributed by atoms with E-state index in [0.29, 0.717) is 31.7 Å². The first-order valence-electron chi connectivity index (χ1n) is 14.5. The van der Waals surface area contributed by atoms with Crippen LogP contribution in [0, 0.1) is 0 Å². The Kier molecular flexibility index (Phi) is 7.88. The van der Waals surface area contributed by atoms with E-state index in [2.05, 4.69) is 10.2 Å². The second kappa shape index (κ2) is 11.9. The van der Waals surface area contributed by atoms with Crippen LogP contribution in [-0.4, -0.2) is 90.7 Å². The van der Waals surface area contributed by atoms with E-state index in [1.54, 1.807) is 25.2 Å². The number of imide groups is 2. The molecule has 11 nitrogen and oxygen atoms in total. The standard InChI is InChI=1S/C33H32N4O7/c1-43-23-8-3-20(4-9-23)29(21-5-10-24(44-2)11-6-21)35-15-17-36(18-16-35)31(40)22-7-12-25-26(19-22)33(42)37(32(25)41)27-13-14-28(38)34-30(27)39/h3-12,19,27,29H,13-18H2,1-2H3,(H,34,38,39). The minimum absolute atomic E-state index is 0.0390. The molecule has 3 aliphatic heterocycles. The predicted octanol–water partition coefficient (Wildman–Crippen LogP) is 2.65. The van der Waals surface area contributed by atoms with Crippen molar-refractivity contribution in [2.24, 2.45) is 0 Å². The molecule has 11 heteroatoms. The third-order valence-electron chi connectivity index (χ3n) is 8.52. The van der Waals surface area contributed by atoms with Gasteiger partial charge in [-0.25, -0.2) is 0 Å². The Labute approximate surface area is 254 Å². The Morgan fingerprint density at radius 1 is 0.773 bits per heavy atom. The number of piperazine rings is 1.